The van der Waals surface area contributed by atoms with E-state index >= 15 is 0 Å². The summed E-state index contributed by atoms with van der Waals surface area (Å²) in [5.41, 5.74) is 1.09. The molecule has 0 saturated heterocycles. The topological polar surface area (TPSA) is 98.7 Å². The summed E-state index contributed by atoms with van der Waals surface area (Å²) < 4.78 is 0. The van der Waals surface area contributed by atoms with Crippen LogP contribution in [0.15, 0.2) is 58.3 Å². The zero-order chi connectivity index (χ0) is 18.8. The van der Waals surface area contributed by atoms with E-state index < -0.39 is 0 Å². The number of hydrogen-bond acceptors (Lipinski definition) is 6. The summed E-state index contributed by atoms with van der Waals surface area (Å²) in [6.45, 7) is 0.300. The molecule has 2 aromatic carbocycles. The van der Waals surface area contributed by atoms with E-state index in [9.17, 15) is 9.59 Å². The van der Waals surface area contributed by atoms with Crippen LogP contribution in [-0.4, -0.2) is 48.3 Å². The van der Waals surface area contributed by atoms with Crippen LogP contribution in [0.5, 0.6) is 0 Å². The van der Waals surface area contributed by atoms with Gasteiger partial charge < -0.3 is 20.8 Å². The van der Waals surface area contributed by atoms with E-state index in [1.807, 2.05) is 24.3 Å². The first-order chi connectivity index (χ1) is 12.6. The van der Waals surface area contributed by atoms with Gasteiger partial charge in [-0.1, -0.05) is 21.6 Å². The van der Waals surface area contributed by atoms with Crippen molar-refractivity contribution < 1.29 is 19.8 Å². The van der Waals surface area contributed by atoms with Crippen molar-refractivity contribution >= 4 is 33.4 Å². The van der Waals surface area contributed by atoms with Crippen LogP contribution >= 0.6 is 21.6 Å². The minimum absolute atomic E-state index is 0.0851. The SMILES string of the molecule is O=C(NCCO)c1ccc(SSc2ccc(C(=O)NCCO)cc2)cc1. The summed E-state index contributed by atoms with van der Waals surface area (Å²) >= 11 is 0. The standard InChI is InChI=1S/C18H20N2O4S2/c21-11-9-19-17(23)13-1-5-15(6-2-13)25-26-16-7-3-14(4-8-16)18(24)20-10-12-22/h1-8,21-22H,9-12H2,(H,19,23)(H,20,24). The van der Waals surface area contributed by atoms with Crippen molar-refractivity contribution in [2.45, 2.75) is 9.79 Å². The molecule has 4 N–H and O–H groups in total. The third-order valence-electron chi connectivity index (χ3n) is 3.26. The number of carbonyl (C=O) groups excluding carboxylic acids is 2. The molecule has 0 aliphatic heterocycles. The molecule has 138 valence electrons. The summed E-state index contributed by atoms with van der Waals surface area (Å²) in [7, 11) is 3.10. The molecule has 0 atom stereocenters. The van der Waals surface area contributed by atoms with E-state index in [1.54, 1.807) is 45.9 Å². The Morgan fingerprint density at radius 2 is 1.04 bits per heavy atom. The Kier molecular flexibility index (Phi) is 8.49. The summed E-state index contributed by atoms with van der Waals surface area (Å²) in [5.74, 6) is -0.420. The van der Waals surface area contributed by atoms with Gasteiger partial charge in [0.1, 0.15) is 0 Å². The summed E-state index contributed by atoms with van der Waals surface area (Å²) in [5, 5.41) is 22.6. The fourth-order valence-electron chi connectivity index (χ4n) is 1.96. The van der Waals surface area contributed by atoms with E-state index in [4.69, 9.17) is 10.2 Å². The van der Waals surface area contributed by atoms with Crippen LogP contribution in [-0.2, 0) is 0 Å². The van der Waals surface area contributed by atoms with Crippen molar-refractivity contribution in [1.82, 2.24) is 10.6 Å². The van der Waals surface area contributed by atoms with Crippen LogP contribution in [0.4, 0.5) is 0 Å². The van der Waals surface area contributed by atoms with Crippen molar-refractivity contribution in [3.05, 3.63) is 59.7 Å². The van der Waals surface area contributed by atoms with Crippen molar-refractivity contribution in [3.63, 3.8) is 0 Å². The van der Waals surface area contributed by atoms with Gasteiger partial charge in [-0.2, -0.15) is 0 Å². The molecule has 6 nitrogen and oxygen atoms in total. The zero-order valence-corrected chi connectivity index (χ0v) is 15.6. The first-order valence-electron chi connectivity index (χ1n) is 7.97. The fourth-order valence-corrected chi connectivity index (χ4v) is 3.89. The van der Waals surface area contributed by atoms with Gasteiger partial charge in [0.15, 0.2) is 0 Å². The predicted octanol–water partition coefficient (Wildman–Crippen LogP) is 1.93. The highest BCUT2D eigenvalue weighted by atomic mass is 33.1. The minimum Gasteiger partial charge on any atom is -0.395 e. The van der Waals surface area contributed by atoms with Crippen LogP contribution in [0, 0.1) is 0 Å². The minimum atomic E-state index is -0.210. The highest BCUT2D eigenvalue weighted by molar-refractivity contribution is 8.76. The van der Waals surface area contributed by atoms with Crippen LogP contribution in [0.2, 0.25) is 0 Å². The van der Waals surface area contributed by atoms with Gasteiger partial charge >= 0.3 is 0 Å². The molecule has 0 aromatic heterocycles. The Hall–Kier alpha value is -2.00. The number of benzene rings is 2. The Balaban J connectivity index is 1.86. The lowest BCUT2D eigenvalue weighted by atomic mass is 10.2. The van der Waals surface area contributed by atoms with Gasteiger partial charge in [-0.25, -0.2) is 0 Å². The second-order valence-corrected chi connectivity index (χ2v) is 7.45. The van der Waals surface area contributed by atoms with Crippen molar-refractivity contribution in [2.75, 3.05) is 26.3 Å². The van der Waals surface area contributed by atoms with Gasteiger partial charge in [-0.15, -0.1) is 0 Å². The number of aliphatic hydroxyl groups is 2. The molecule has 0 saturated carbocycles. The first kappa shape index (κ1) is 20.3. The Bertz CT molecular complexity index is 657. The van der Waals surface area contributed by atoms with Crippen molar-refractivity contribution in [2.24, 2.45) is 0 Å². The lowest BCUT2D eigenvalue weighted by Gasteiger charge is -2.06. The van der Waals surface area contributed by atoms with Gasteiger partial charge in [-0.3, -0.25) is 9.59 Å². The van der Waals surface area contributed by atoms with Crippen molar-refractivity contribution in [1.29, 1.82) is 0 Å². The van der Waals surface area contributed by atoms with E-state index in [0.717, 1.165) is 9.79 Å². The molecule has 0 aliphatic carbocycles. The maximum atomic E-state index is 11.8. The van der Waals surface area contributed by atoms with E-state index in [1.165, 1.54) is 0 Å². The molecule has 2 amide bonds. The molecular formula is C18H20N2O4S2. The van der Waals surface area contributed by atoms with Crippen LogP contribution < -0.4 is 10.6 Å². The number of hydrogen-bond donors (Lipinski definition) is 4. The highest BCUT2D eigenvalue weighted by Crippen LogP contribution is 2.37. The summed E-state index contributed by atoms with van der Waals surface area (Å²) in [6.07, 6.45) is 0. The average molecular weight is 393 g/mol. The molecule has 8 heteroatoms. The second kappa shape index (κ2) is 10.9. The maximum Gasteiger partial charge on any atom is 0.251 e. The molecule has 26 heavy (non-hydrogen) atoms. The Morgan fingerprint density at radius 3 is 1.35 bits per heavy atom. The second-order valence-electron chi connectivity index (χ2n) is 5.17. The summed E-state index contributed by atoms with van der Waals surface area (Å²) in [4.78, 5) is 25.5. The number of carbonyl (C=O) groups is 2. The van der Waals surface area contributed by atoms with Gasteiger partial charge in [0.05, 0.1) is 13.2 Å². The maximum absolute atomic E-state index is 11.8. The van der Waals surface area contributed by atoms with E-state index in [0.29, 0.717) is 11.1 Å². The van der Waals surface area contributed by atoms with E-state index in [-0.39, 0.29) is 38.1 Å². The van der Waals surface area contributed by atoms with Gasteiger partial charge in [0.2, 0.25) is 0 Å². The molecule has 0 radical (unpaired) electrons. The lowest BCUT2D eigenvalue weighted by molar-refractivity contribution is 0.0937. The molecule has 2 aromatic rings. The number of amides is 2. The highest BCUT2D eigenvalue weighted by Gasteiger charge is 2.06. The third-order valence-corrected chi connectivity index (χ3v) is 5.68. The van der Waals surface area contributed by atoms with Gasteiger partial charge in [0, 0.05) is 34.0 Å². The smallest absolute Gasteiger partial charge is 0.251 e. The molecular weight excluding hydrogens is 372 g/mol. The predicted molar refractivity (Wildman–Crippen MR) is 103 cm³/mol. The molecule has 0 unspecified atom stereocenters. The average Bonchev–Trinajstić information content (AvgIpc) is 2.69. The Morgan fingerprint density at radius 1 is 0.692 bits per heavy atom. The van der Waals surface area contributed by atoms with Crippen LogP contribution in [0.25, 0.3) is 0 Å². The first-order valence-corrected chi connectivity index (χ1v) is 10.1. The van der Waals surface area contributed by atoms with Gasteiger partial charge in [-0.05, 0) is 48.5 Å². The molecule has 0 bridgehead atoms. The van der Waals surface area contributed by atoms with Gasteiger partial charge in [0.25, 0.3) is 11.8 Å². The quantitative estimate of drug-likeness (QED) is 0.487. The Labute approximate surface area is 159 Å². The lowest BCUT2D eigenvalue weighted by Crippen LogP contribution is -2.26. The molecule has 0 fully saturated rings. The largest absolute Gasteiger partial charge is 0.395 e. The van der Waals surface area contributed by atoms with E-state index in [2.05, 4.69) is 10.6 Å². The normalized spacial score (nSPS) is 10.4. The number of nitrogens with one attached hydrogen (secondary N) is 2. The fraction of sp³-hybridized carbons (Fsp3) is 0.222. The molecule has 2 rings (SSSR count). The number of rotatable bonds is 9. The number of aliphatic hydroxyl groups excluding tert-OH is 2. The zero-order valence-electron chi connectivity index (χ0n) is 14.0. The molecule has 0 spiro atoms. The van der Waals surface area contributed by atoms with Crippen LogP contribution in [0.1, 0.15) is 20.7 Å². The summed E-state index contributed by atoms with van der Waals surface area (Å²) in [6, 6.07) is 14.4. The van der Waals surface area contributed by atoms with Crippen molar-refractivity contribution in [3.8, 4) is 0 Å². The monoisotopic (exact) mass is 392 g/mol. The molecule has 0 aliphatic rings. The third kappa shape index (κ3) is 6.38. The van der Waals surface area contributed by atoms with Crippen LogP contribution in [0.3, 0.4) is 0 Å². The molecule has 0 heterocycles.